The Kier molecular flexibility index (Phi) is 5.61. The lowest BCUT2D eigenvalue weighted by Crippen LogP contribution is -2.26. The number of benzene rings is 3. The first-order chi connectivity index (χ1) is 14.2. The maximum atomic E-state index is 12.1. The first-order valence-electron chi connectivity index (χ1n) is 9.83. The smallest absolute Gasteiger partial charge is 0.407 e. The monoisotopic (exact) mass is 384 g/mol. The largest absolute Gasteiger partial charge is 0.449 e. The standard InChI is InChI=1S/C25H24N2O2/c26-19-14-12-18(13-15-19)7-5-6-16-27-25(28)29-17-24-22-10-3-1-8-20(22)21-9-2-4-11-23(21)24/h1-5,7-15,24H,6,16-17,26H2,(H,27,28). The molecule has 0 saturated carbocycles. The van der Waals surface area contributed by atoms with Crippen LogP contribution in [0.1, 0.15) is 29.0 Å². The third-order valence-corrected chi connectivity index (χ3v) is 5.17. The van der Waals surface area contributed by atoms with Gasteiger partial charge >= 0.3 is 6.09 Å². The van der Waals surface area contributed by atoms with Gasteiger partial charge in [0.05, 0.1) is 0 Å². The number of carbonyl (C=O) groups is 1. The minimum Gasteiger partial charge on any atom is -0.449 e. The Bertz CT molecular complexity index is 980. The maximum absolute atomic E-state index is 12.1. The summed E-state index contributed by atoms with van der Waals surface area (Å²) in [5, 5.41) is 2.82. The Hall–Kier alpha value is -3.53. The van der Waals surface area contributed by atoms with Crippen molar-refractivity contribution in [2.45, 2.75) is 12.3 Å². The molecule has 0 atom stereocenters. The van der Waals surface area contributed by atoms with E-state index < -0.39 is 0 Å². The molecule has 29 heavy (non-hydrogen) atoms. The number of hydrogen-bond donors (Lipinski definition) is 2. The van der Waals surface area contributed by atoms with Crippen molar-refractivity contribution in [1.29, 1.82) is 0 Å². The van der Waals surface area contributed by atoms with Crippen LogP contribution in [0.15, 0.2) is 78.9 Å². The summed E-state index contributed by atoms with van der Waals surface area (Å²) in [5.74, 6) is 0.0820. The lowest BCUT2D eigenvalue weighted by molar-refractivity contribution is 0.143. The van der Waals surface area contributed by atoms with E-state index in [0.29, 0.717) is 13.2 Å². The van der Waals surface area contributed by atoms with Crippen molar-refractivity contribution in [1.82, 2.24) is 5.32 Å². The third kappa shape index (κ3) is 4.32. The van der Waals surface area contributed by atoms with Gasteiger partial charge < -0.3 is 15.8 Å². The number of hydrogen-bond acceptors (Lipinski definition) is 3. The molecule has 0 spiro atoms. The Morgan fingerprint density at radius 1 is 0.931 bits per heavy atom. The lowest BCUT2D eigenvalue weighted by Gasteiger charge is -2.14. The summed E-state index contributed by atoms with van der Waals surface area (Å²) in [4.78, 5) is 12.1. The molecule has 1 aliphatic carbocycles. The summed E-state index contributed by atoms with van der Waals surface area (Å²) in [7, 11) is 0. The molecule has 0 bridgehead atoms. The number of rotatable bonds is 6. The van der Waals surface area contributed by atoms with Crippen LogP contribution in [0.4, 0.5) is 10.5 Å². The zero-order valence-electron chi connectivity index (χ0n) is 16.2. The second kappa shape index (κ2) is 8.65. The zero-order chi connectivity index (χ0) is 20.1. The van der Waals surface area contributed by atoms with Gasteiger partial charge in [-0.2, -0.15) is 0 Å². The molecule has 1 amide bonds. The zero-order valence-corrected chi connectivity index (χ0v) is 16.2. The minimum absolute atomic E-state index is 0.0820. The SMILES string of the molecule is Nc1ccc(C=CCCNC(=O)OCC2c3ccccc3-c3ccccc32)cc1. The van der Waals surface area contributed by atoms with Crippen molar-refractivity contribution in [3.63, 3.8) is 0 Å². The van der Waals surface area contributed by atoms with Crippen LogP contribution in [-0.4, -0.2) is 19.2 Å². The summed E-state index contributed by atoms with van der Waals surface area (Å²) >= 11 is 0. The number of anilines is 1. The van der Waals surface area contributed by atoms with Crippen molar-refractivity contribution in [3.05, 3.63) is 95.6 Å². The van der Waals surface area contributed by atoms with Crippen molar-refractivity contribution in [2.24, 2.45) is 0 Å². The van der Waals surface area contributed by atoms with Gasteiger partial charge in [-0.1, -0.05) is 72.8 Å². The highest BCUT2D eigenvalue weighted by atomic mass is 16.5. The Balaban J connectivity index is 1.27. The summed E-state index contributed by atoms with van der Waals surface area (Å²) in [6.07, 6.45) is 4.38. The summed E-state index contributed by atoms with van der Waals surface area (Å²) in [5.41, 5.74) is 12.4. The van der Waals surface area contributed by atoms with E-state index in [1.165, 1.54) is 22.3 Å². The highest BCUT2D eigenvalue weighted by Crippen LogP contribution is 2.44. The fraction of sp³-hybridized carbons (Fsp3) is 0.160. The number of nitrogens with two attached hydrogens (primary N) is 1. The average Bonchev–Trinajstić information content (AvgIpc) is 3.07. The van der Waals surface area contributed by atoms with Crippen molar-refractivity contribution in [2.75, 3.05) is 18.9 Å². The van der Waals surface area contributed by atoms with E-state index in [2.05, 4.69) is 29.6 Å². The van der Waals surface area contributed by atoms with E-state index in [0.717, 1.165) is 17.7 Å². The molecule has 0 radical (unpaired) electrons. The maximum Gasteiger partial charge on any atom is 0.407 e. The van der Waals surface area contributed by atoms with Gasteiger partial charge in [-0.3, -0.25) is 0 Å². The van der Waals surface area contributed by atoms with Crippen LogP contribution in [-0.2, 0) is 4.74 Å². The van der Waals surface area contributed by atoms with Crippen molar-refractivity contribution < 1.29 is 9.53 Å². The van der Waals surface area contributed by atoms with Crippen LogP contribution in [0.5, 0.6) is 0 Å². The number of alkyl carbamates (subject to hydrolysis) is 1. The number of nitrogen functional groups attached to an aromatic ring is 1. The summed E-state index contributed by atoms with van der Waals surface area (Å²) in [6, 6.07) is 24.3. The topological polar surface area (TPSA) is 64.3 Å². The molecular formula is C25H24N2O2. The van der Waals surface area contributed by atoms with Crippen molar-refractivity contribution in [3.8, 4) is 11.1 Å². The van der Waals surface area contributed by atoms with Gasteiger partial charge in [-0.05, 0) is 46.4 Å². The molecule has 0 unspecified atom stereocenters. The van der Waals surface area contributed by atoms with Crippen LogP contribution >= 0.6 is 0 Å². The van der Waals surface area contributed by atoms with Gasteiger partial charge in [0.15, 0.2) is 0 Å². The first-order valence-corrected chi connectivity index (χ1v) is 9.83. The fourth-order valence-corrected chi connectivity index (χ4v) is 3.73. The molecular weight excluding hydrogens is 360 g/mol. The lowest BCUT2D eigenvalue weighted by atomic mass is 9.98. The van der Waals surface area contributed by atoms with Crippen LogP contribution in [0.2, 0.25) is 0 Å². The van der Waals surface area contributed by atoms with Gasteiger partial charge in [-0.25, -0.2) is 4.79 Å². The predicted molar refractivity (Wildman–Crippen MR) is 118 cm³/mol. The first kappa shape index (κ1) is 18.8. The van der Waals surface area contributed by atoms with Gasteiger partial charge in [0.2, 0.25) is 0 Å². The van der Waals surface area contributed by atoms with Gasteiger partial charge in [-0.15, -0.1) is 0 Å². The number of amides is 1. The van der Waals surface area contributed by atoms with E-state index in [1.54, 1.807) is 0 Å². The quantitative estimate of drug-likeness (QED) is 0.453. The van der Waals surface area contributed by atoms with Crippen LogP contribution < -0.4 is 11.1 Å². The molecule has 4 rings (SSSR count). The van der Waals surface area contributed by atoms with Crippen LogP contribution in [0.25, 0.3) is 17.2 Å². The fourth-order valence-electron chi connectivity index (χ4n) is 3.73. The second-order valence-electron chi connectivity index (χ2n) is 7.11. The molecule has 3 aromatic rings. The predicted octanol–water partition coefficient (Wildman–Crippen LogP) is 5.21. The molecule has 0 aromatic heterocycles. The van der Waals surface area contributed by atoms with Gasteiger partial charge in [0, 0.05) is 18.2 Å². The van der Waals surface area contributed by atoms with E-state index in [9.17, 15) is 4.79 Å². The highest BCUT2D eigenvalue weighted by Gasteiger charge is 2.28. The van der Waals surface area contributed by atoms with Gasteiger partial charge in [0.1, 0.15) is 6.61 Å². The normalized spacial score (nSPS) is 12.6. The molecule has 0 saturated heterocycles. The summed E-state index contributed by atoms with van der Waals surface area (Å²) < 4.78 is 5.53. The second-order valence-corrected chi connectivity index (χ2v) is 7.11. The van der Waals surface area contributed by atoms with E-state index >= 15 is 0 Å². The Morgan fingerprint density at radius 2 is 1.55 bits per heavy atom. The van der Waals surface area contributed by atoms with Crippen molar-refractivity contribution >= 4 is 17.9 Å². The van der Waals surface area contributed by atoms with E-state index in [1.807, 2.05) is 60.7 Å². The average molecular weight is 384 g/mol. The molecule has 3 N–H and O–H groups in total. The van der Waals surface area contributed by atoms with Crippen LogP contribution in [0.3, 0.4) is 0 Å². The number of ether oxygens (including phenoxy) is 1. The van der Waals surface area contributed by atoms with Gasteiger partial charge in [0.25, 0.3) is 0 Å². The Morgan fingerprint density at radius 3 is 2.21 bits per heavy atom. The van der Waals surface area contributed by atoms with Crippen LogP contribution in [0, 0.1) is 0 Å². The number of carbonyl (C=O) groups excluding carboxylic acids is 1. The van der Waals surface area contributed by atoms with E-state index in [4.69, 9.17) is 10.5 Å². The summed E-state index contributed by atoms with van der Waals surface area (Å²) in [6.45, 7) is 0.864. The Labute approximate surface area is 171 Å². The molecule has 3 aromatic carbocycles. The molecule has 4 nitrogen and oxygen atoms in total. The molecule has 146 valence electrons. The highest BCUT2D eigenvalue weighted by molar-refractivity contribution is 5.79. The molecule has 0 fully saturated rings. The third-order valence-electron chi connectivity index (χ3n) is 5.17. The molecule has 0 aliphatic heterocycles. The molecule has 0 heterocycles. The number of nitrogens with one attached hydrogen (secondary N) is 1. The number of fused-ring (bicyclic) bond motifs is 3. The van der Waals surface area contributed by atoms with E-state index in [-0.39, 0.29) is 12.0 Å². The molecule has 4 heteroatoms. The minimum atomic E-state index is -0.382. The molecule has 1 aliphatic rings.